The van der Waals surface area contributed by atoms with Gasteiger partial charge in [-0.2, -0.15) is 5.10 Å². The first-order valence-corrected chi connectivity index (χ1v) is 9.77. The van der Waals surface area contributed by atoms with E-state index in [0.29, 0.717) is 0 Å². The Labute approximate surface area is 159 Å². The molecule has 3 aromatic carbocycles. The second kappa shape index (κ2) is 6.58. The van der Waals surface area contributed by atoms with Crippen LogP contribution in [0.4, 0.5) is 5.69 Å². The number of benzene rings is 3. The lowest BCUT2D eigenvalue weighted by atomic mass is 10.0. The summed E-state index contributed by atoms with van der Waals surface area (Å²) in [7, 11) is 0. The first kappa shape index (κ1) is 16.1. The van der Waals surface area contributed by atoms with Gasteiger partial charge < -0.3 is 4.98 Å². The molecule has 1 N–H and O–H groups in total. The van der Waals surface area contributed by atoms with Gasteiger partial charge in [-0.1, -0.05) is 55.5 Å². The topological polar surface area (TPSA) is 31.4 Å². The van der Waals surface area contributed by atoms with Crippen LogP contribution in [-0.2, 0) is 12.8 Å². The number of hydrazone groups is 1. The number of nitrogens with zero attached hydrogens (tertiary/aromatic N) is 2. The van der Waals surface area contributed by atoms with Gasteiger partial charge in [0.05, 0.1) is 17.4 Å². The van der Waals surface area contributed by atoms with Gasteiger partial charge in [0.25, 0.3) is 0 Å². The van der Waals surface area contributed by atoms with Crippen LogP contribution < -0.4 is 5.01 Å². The van der Waals surface area contributed by atoms with Crippen molar-refractivity contribution < 1.29 is 0 Å². The van der Waals surface area contributed by atoms with Crippen LogP contribution in [0, 0.1) is 0 Å². The van der Waals surface area contributed by atoms with Gasteiger partial charge in [0.1, 0.15) is 0 Å². The molecule has 2 heterocycles. The van der Waals surface area contributed by atoms with Crippen LogP contribution >= 0.6 is 0 Å². The molecule has 134 valence electrons. The van der Waals surface area contributed by atoms with E-state index in [-0.39, 0.29) is 0 Å². The fourth-order valence-electron chi connectivity index (χ4n) is 4.21. The van der Waals surface area contributed by atoms with E-state index in [0.717, 1.165) is 25.8 Å². The maximum atomic E-state index is 4.88. The summed E-state index contributed by atoms with van der Waals surface area (Å²) in [5, 5.41) is 9.57. The summed E-state index contributed by atoms with van der Waals surface area (Å²) in [6.07, 6.45) is 5.33. The molecule has 0 bridgehead atoms. The summed E-state index contributed by atoms with van der Waals surface area (Å²) in [6, 6.07) is 21.6. The van der Waals surface area contributed by atoms with Crippen molar-refractivity contribution >= 4 is 33.7 Å². The van der Waals surface area contributed by atoms with Gasteiger partial charge in [-0.15, -0.1) is 0 Å². The molecule has 27 heavy (non-hydrogen) atoms. The van der Waals surface area contributed by atoms with Crippen molar-refractivity contribution in [3.63, 3.8) is 0 Å². The molecule has 0 saturated carbocycles. The zero-order chi connectivity index (χ0) is 18.2. The SMILES string of the molecule is CCc1ccc(/C=N/N2CCCc3ccccc32)c2c1[nH]c1ccccc12. The number of hydrogen-bond acceptors (Lipinski definition) is 2. The number of nitrogens with one attached hydrogen (secondary N) is 1. The lowest BCUT2D eigenvalue weighted by molar-refractivity contribution is 0.717. The average molecular weight is 353 g/mol. The molecular formula is C24H23N3. The van der Waals surface area contributed by atoms with E-state index in [1.54, 1.807) is 0 Å². The Kier molecular flexibility index (Phi) is 3.93. The molecule has 0 atom stereocenters. The molecule has 5 rings (SSSR count). The Morgan fingerprint density at radius 2 is 1.89 bits per heavy atom. The minimum Gasteiger partial charge on any atom is -0.354 e. The van der Waals surface area contributed by atoms with E-state index in [4.69, 9.17) is 5.10 Å². The molecule has 3 heteroatoms. The van der Waals surface area contributed by atoms with Crippen molar-refractivity contribution in [1.29, 1.82) is 0 Å². The number of aromatic amines is 1. The Morgan fingerprint density at radius 3 is 2.81 bits per heavy atom. The minimum atomic E-state index is 0.970. The first-order valence-electron chi connectivity index (χ1n) is 9.77. The van der Waals surface area contributed by atoms with E-state index in [2.05, 4.69) is 77.6 Å². The van der Waals surface area contributed by atoms with E-state index < -0.39 is 0 Å². The maximum absolute atomic E-state index is 4.88. The lowest BCUT2D eigenvalue weighted by Crippen LogP contribution is -2.24. The predicted octanol–water partition coefficient (Wildman–Crippen LogP) is 5.67. The molecule has 0 fully saturated rings. The molecule has 3 nitrogen and oxygen atoms in total. The van der Waals surface area contributed by atoms with Crippen LogP contribution in [0.5, 0.6) is 0 Å². The second-order valence-corrected chi connectivity index (χ2v) is 7.19. The van der Waals surface area contributed by atoms with E-state index >= 15 is 0 Å². The summed E-state index contributed by atoms with van der Waals surface area (Å²) in [4.78, 5) is 3.62. The number of aromatic nitrogens is 1. The molecule has 0 saturated heterocycles. The Morgan fingerprint density at radius 1 is 1.04 bits per heavy atom. The maximum Gasteiger partial charge on any atom is 0.0625 e. The van der Waals surface area contributed by atoms with Crippen LogP contribution in [0.2, 0.25) is 0 Å². The second-order valence-electron chi connectivity index (χ2n) is 7.19. The van der Waals surface area contributed by atoms with Crippen molar-refractivity contribution in [1.82, 2.24) is 4.98 Å². The highest BCUT2D eigenvalue weighted by atomic mass is 15.5. The Balaban J connectivity index is 1.63. The first-order chi connectivity index (χ1) is 13.3. The van der Waals surface area contributed by atoms with Gasteiger partial charge in [-0.3, -0.25) is 5.01 Å². The molecule has 0 radical (unpaired) electrons. The molecule has 4 aromatic rings. The quantitative estimate of drug-likeness (QED) is 0.473. The fourth-order valence-corrected chi connectivity index (χ4v) is 4.21. The molecule has 1 aromatic heterocycles. The summed E-state index contributed by atoms with van der Waals surface area (Å²) < 4.78 is 0. The minimum absolute atomic E-state index is 0.970. The molecular weight excluding hydrogens is 330 g/mol. The fraction of sp³-hybridized carbons (Fsp3) is 0.208. The highest BCUT2D eigenvalue weighted by molar-refractivity contribution is 6.15. The van der Waals surface area contributed by atoms with E-state index in [9.17, 15) is 0 Å². The number of aryl methyl sites for hydroxylation is 2. The normalized spacial score (nSPS) is 14.3. The third-order valence-corrected chi connectivity index (χ3v) is 5.58. The molecule has 0 aliphatic carbocycles. The van der Waals surface area contributed by atoms with Gasteiger partial charge in [0, 0.05) is 28.4 Å². The van der Waals surface area contributed by atoms with Gasteiger partial charge in [0.15, 0.2) is 0 Å². The number of para-hydroxylation sites is 2. The van der Waals surface area contributed by atoms with Crippen LogP contribution in [0.25, 0.3) is 21.8 Å². The van der Waals surface area contributed by atoms with Crippen LogP contribution in [-0.4, -0.2) is 17.7 Å². The lowest BCUT2D eigenvalue weighted by Gasteiger charge is -2.26. The van der Waals surface area contributed by atoms with Crippen LogP contribution in [0.1, 0.15) is 30.0 Å². The monoisotopic (exact) mass is 353 g/mol. The predicted molar refractivity (Wildman–Crippen MR) is 115 cm³/mol. The van der Waals surface area contributed by atoms with Gasteiger partial charge in [-0.05, 0) is 42.5 Å². The van der Waals surface area contributed by atoms with E-state index in [1.165, 1.54) is 44.2 Å². The summed E-state index contributed by atoms with van der Waals surface area (Å²) in [5.74, 6) is 0. The average Bonchev–Trinajstić information content (AvgIpc) is 3.12. The molecule has 1 aliphatic heterocycles. The number of H-pyrrole nitrogens is 1. The summed E-state index contributed by atoms with van der Waals surface area (Å²) >= 11 is 0. The Hall–Kier alpha value is -3.07. The summed E-state index contributed by atoms with van der Waals surface area (Å²) in [5.41, 5.74) is 7.57. The van der Waals surface area contributed by atoms with Crippen molar-refractivity contribution in [2.75, 3.05) is 11.6 Å². The third kappa shape index (κ3) is 2.71. The molecule has 0 amide bonds. The number of rotatable bonds is 3. The van der Waals surface area contributed by atoms with Crippen LogP contribution in [0.3, 0.4) is 0 Å². The highest BCUT2D eigenvalue weighted by Crippen LogP contribution is 2.31. The zero-order valence-electron chi connectivity index (χ0n) is 15.6. The summed E-state index contributed by atoms with van der Waals surface area (Å²) in [6.45, 7) is 3.18. The van der Waals surface area contributed by atoms with Crippen molar-refractivity contribution in [3.05, 3.63) is 77.4 Å². The third-order valence-electron chi connectivity index (χ3n) is 5.58. The smallest absolute Gasteiger partial charge is 0.0625 e. The van der Waals surface area contributed by atoms with Gasteiger partial charge in [0.2, 0.25) is 0 Å². The zero-order valence-corrected chi connectivity index (χ0v) is 15.6. The van der Waals surface area contributed by atoms with Crippen molar-refractivity contribution in [2.24, 2.45) is 5.10 Å². The molecule has 0 unspecified atom stereocenters. The van der Waals surface area contributed by atoms with Gasteiger partial charge in [-0.25, -0.2) is 0 Å². The number of hydrogen-bond donors (Lipinski definition) is 1. The van der Waals surface area contributed by atoms with Crippen LogP contribution in [0.15, 0.2) is 65.8 Å². The standard InChI is InChI=1S/C24H23N3/c1-2-17-13-14-19(23-20-10-4-5-11-21(20)26-24(17)23)16-25-27-15-7-9-18-8-3-6-12-22(18)27/h3-6,8,10-14,16,26H,2,7,9,15H2,1H3/b25-16+. The largest absolute Gasteiger partial charge is 0.354 e. The number of fused-ring (bicyclic) bond motifs is 4. The van der Waals surface area contributed by atoms with Gasteiger partial charge >= 0.3 is 0 Å². The molecule has 1 aliphatic rings. The Bertz CT molecular complexity index is 1150. The van der Waals surface area contributed by atoms with Crippen molar-refractivity contribution in [3.8, 4) is 0 Å². The van der Waals surface area contributed by atoms with E-state index in [1.807, 2.05) is 6.21 Å². The van der Waals surface area contributed by atoms with Crippen molar-refractivity contribution in [2.45, 2.75) is 26.2 Å². The highest BCUT2D eigenvalue weighted by Gasteiger charge is 2.16. The number of anilines is 1. The molecule has 0 spiro atoms.